The summed E-state index contributed by atoms with van der Waals surface area (Å²) in [7, 11) is 1.59. The van der Waals surface area contributed by atoms with Gasteiger partial charge in [-0.05, 0) is 37.1 Å². The van der Waals surface area contributed by atoms with Gasteiger partial charge in [-0.25, -0.2) is 0 Å². The normalized spacial score (nSPS) is 10.5. The van der Waals surface area contributed by atoms with Crippen molar-refractivity contribution < 1.29 is 19.4 Å². The largest absolute Gasteiger partial charge is 0.493 e. The summed E-state index contributed by atoms with van der Waals surface area (Å²) in [6.07, 6.45) is 0.288. The number of methoxy groups -OCH3 is 1. The number of benzene rings is 1. The molecule has 1 aromatic rings. The van der Waals surface area contributed by atoms with Gasteiger partial charge in [0.25, 0.3) is 0 Å². The molecule has 0 saturated heterocycles. The van der Waals surface area contributed by atoms with E-state index in [1.165, 1.54) is 11.1 Å². The second-order valence-corrected chi connectivity index (χ2v) is 4.94. The second kappa shape index (κ2) is 9.37. The molecule has 0 aliphatic carbocycles. The first-order valence-electron chi connectivity index (χ1n) is 7.16. The van der Waals surface area contributed by atoms with E-state index in [2.05, 4.69) is 0 Å². The van der Waals surface area contributed by atoms with Gasteiger partial charge in [-0.1, -0.05) is 6.07 Å². The van der Waals surface area contributed by atoms with E-state index in [0.717, 1.165) is 5.75 Å². The second-order valence-electron chi connectivity index (χ2n) is 4.94. The molecular weight excluding hydrogens is 270 g/mol. The van der Waals surface area contributed by atoms with Gasteiger partial charge in [0.2, 0.25) is 5.91 Å². The zero-order valence-electron chi connectivity index (χ0n) is 13.1. The van der Waals surface area contributed by atoms with Crippen LogP contribution in [0.4, 0.5) is 0 Å². The molecule has 21 heavy (non-hydrogen) atoms. The molecule has 0 saturated carbocycles. The summed E-state index contributed by atoms with van der Waals surface area (Å²) in [4.78, 5) is 13.6. The van der Waals surface area contributed by atoms with E-state index in [1.54, 1.807) is 12.0 Å². The average molecular weight is 295 g/mol. The minimum Gasteiger partial charge on any atom is -0.493 e. The van der Waals surface area contributed by atoms with Crippen molar-refractivity contribution in [1.82, 2.24) is 4.90 Å². The number of carbonyl (C=O) groups is 1. The highest BCUT2D eigenvalue weighted by molar-refractivity contribution is 5.76. The Balaban J connectivity index is 2.41. The molecule has 5 heteroatoms. The van der Waals surface area contributed by atoms with Crippen molar-refractivity contribution >= 4 is 5.91 Å². The van der Waals surface area contributed by atoms with E-state index in [0.29, 0.717) is 26.3 Å². The predicted molar refractivity (Wildman–Crippen MR) is 81.6 cm³/mol. The van der Waals surface area contributed by atoms with Crippen molar-refractivity contribution in [3.05, 3.63) is 29.3 Å². The number of rotatable bonds is 9. The van der Waals surface area contributed by atoms with Gasteiger partial charge in [0.1, 0.15) is 5.75 Å². The summed E-state index contributed by atoms with van der Waals surface area (Å²) >= 11 is 0. The van der Waals surface area contributed by atoms with Crippen molar-refractivity contribution in [3.63, 3.8) is 0 Å². The number of hydrogen-bond donors (Lipinski definition) is 1. The van der Waals surface area contributed by atoms with Crippen LogP contribution in [0.1, 0.15) is 17.5 Å². The Labute approximate surface area is 126 Å². The third-order valence-electron chi connectivity index (χ3n) is 3.35. The van der Waals surface area contributed by atoms with Gasteiger partial charge in [0, 0.05) is 20.2 Å². The van der Waals surface area contributed by atoms with Crippen molar-refractivity contribution in [2.24, 2.45) is 0 Å². The Morgan fingerprint density at radius 1 is 1.19 bits per heavy atom. The number of amides is 1. The van der Waals surface area contributed by atoms with Gasteiger partial charge in [-0.3, -0.25) is 4.79 Å². The molecule has 1 N–H and O–H groups in total. The first kappa shape index (κ1) is 17.5. The molecule has 0 aliphatic heterocycles. The maximum Gasteiger partial charge on any atom is 0.226 e. The Kier molecular flexibility index (Phi) is 7.79. The van der Waals surface area contributed by atoms with Crippen molar-refractivity contribution in [2.45, 2.75) is 20.3 Å². The highest BCUT2D eigenvalue weighted by Crippen LogP contribution is 2.16. The van der Waals surface area contributed by atoms with Crippen LogP contribution in [0, 0.1) is 13.8 Å². The van der Waals surface area contributed by atoms with E-state index < -0.39 is 0 Å². The van der Waals surface area contributed by atoms with Crippen LogP contribution in [0.15, 0.2) is 18.2 Å². The van der Waals surface area contributed by atoms with Gasteiger partial charge in [0.05, 0.1) is 26.2 Å². The topological polar surface area (TPSA) is 59.0 Å². The van der Waals surface area contributed by atoms with E-state index in [-0.39, 0.29) is 18.9 Å². The third kappa shape index (κ3) is 6.14. The molecule has 0 spiro atoms. The first-order valence-corrected chi connectivity index (χ1v) is 7.16. The lowest BCUT2D eigenvalue weighted by molar-refractivity contribution is -0.132. The summed E-state index contributed by atoms with van der Waals surface area (Å²) in [5.41, 5.74) is 2.38. The number of aliphatic hydroxyl groups is 1. The lowest BCUT2D eigenvalue weighted by Gasteiger charge is -2.21. The molecule has 0 fully saturated rings. The van der Waals surface area contributed by atoms with Gasteiger partial charge < -0.3 is 19.5 Å². The van der Waals surface area contributed by atoms with Crippen molar-refractivity contribution in [2.75, 3.05) is 40.0 Å². The Bertz CT molecular complexity index is 448. The molecule has 118 valence electrons. The summed E-state index contributed by atoms with van der Waals surface area (Å²) in [5.74, 6) is 0.737. The van der Waals surface area contributed by atoms with Gasteiger partial charge in [0.15, 0.2) is 0 Å². The molecule has 0 atom stereocenters. The maximum atomic E-state index is 12.0. The molecule has 1 aromatic carbocycles. The fraction of sp³-hybridized carbons (Fsp3) is 0.562. The molecule has 0 radical (unpaired) electrons. The molecule has 0 bridgehead atoms. The summed E-state index contributed by atoms with van der Waals surface area (Å²) < 4.78 is 10.6. The fourth-order valence-corrected chi connectivity index (χ4v) is 1.90. The SMILES string of the molecule is COCCN(CCO)C(=O)CCOc1ccc(C)c(C)c1. The molecule has 1 amide bonds. The fourth-order valence-electron chi connectivity index (χ4n) is 1.90. The van der Waals surface area contributed by atoms with Gasteiger partial charge in [-0.15, -0.1) is 0 Å². The number of aryl methyl sites for hydroxylation is 2. The minimum atomic E-state index is -0.0481. The summed E-state index contributed by atoms with van der Waals surface area (Å²) in [6, 6.07) is 5.88. The highest BCUT2D eigenvalue weighted by Gasteiger charge is 2.12. The van der Waals surface area contributed by atoms with Crippen molar-refractivity contribution in [3.8, 4) is 5.75 Å². The quantitative estimate of drug-likeness (QED) is 0.751. The Morgan fingerprint density at radius 2 is 1.95 bits per heavy atom. The standard InChI is InChI=1S/C16H25NO4/c1-13-4-5-15(12-14(13)2)21-10-6-16(19)17(7-9-18)8-11-20-3/h4-5,12,18H,6-11H2,1-3H3. The lowest BCUT2D eigenvalue weighted by Crippen LogP contribution is -2.36. The molecule has 0 heterocycles. The van der Waals surface area contributed by atoms with Crippen LogP contribution in [-0.4, -0.2) is 55.9 Å². The van der Waals surface area contributed by atoms with E-state index in [1.807, 2.05) is 32.0 Å². The molecule has 0 unspecified atom stereocenters. The molecule has 5 nitrogen and oxygen atoms in total. The monoisotopic (exact) mass is 295 g/mol. The molecular formula is C16H25NO4. The van der Waals surface area contributed by atoms with Crippen molar-refractivity contribution in [1.29, 1.82) is 0 Å². The smallest absolute Gasteiger partial charge is 0.226 e. The summed E-state index contributed by atoms with van der Waals surface area (Å²) in [6.45, 7) is 5.63. The summed E-state index contributed by atoms with van der Waals surface area (Å²) in [5, 5.41) is 8.98. The number of nitrogens with zero attached hydrogens (tertiary/aromatic N) is 1. The van der Waals surface area contributed by atoms with Crippen LogP contribution in [0.5, 0.6) is 5.75 Å². The van der Waals surface area contributed by atoms with Gasteiger partial charge >= 0.3 is 0 Å². The first-order chi connectivity index (χ1) is 10.1. The average Bonchev–Trinajstić information content (AvgIpc) is 2.47. The van der Waals surface area contributed by atoms with Crippen LogP contribution in [0.3, 0.4) is 0 Å². The Morgan fingerprint density at radius 3 is 2.57 bits per heavy atom. The molecule has 0 aromatic heterocycles. The number of aliphatic hydroxyl groups excluding tert-OH is 1. The van der Waals surface area contributed by atoms with Crippen LogP contribution in [0.2, 0.25) is 0 Å². The minimum absolute atomic E-state index is 0.0371. The van der Waals surface area contributed by atoms with E-state index in [4.69, 9.17) is 14.6 Å². The zero-order chi connectivity index (χ0) is 15.7. The lowest BCUT2D eigenvalue weighted by atomic mass is 10.1. The van der Waals surface area contributed by atoms with Gasteiger partial charge in [-0.2, -0.15) is 0 Å². The predicted octanol–water partition coefficient (Wildman–Crippen LogP) is 1.54. The number of hydrogen-bond acceptors (Lipinski definition) is 4. The number of carbonyl (C=O) groups excluding carboxylic acids is 1. The van der Waals surface area contributed by atoms with Crippen LogP contribution >= 0.6 is 0 Å². The molecule has 0 aliphatic rings. The third-order valence-corrected chi connectivity index (χ3v) is 3.35. The highest BCUT2D eigenvalue weighted by atomic mass is 16.5. The molecule has 1 rings (SSSR count). The van der Waals surface area contributed by atoms with E-state index >= 15 is 0 Å². The van der Waals surface area contributed by atoms with Crippen LogP contribution < -0.4 is 4.74 Å². The Hall–Kier alpha value is -1.59. The maximum absolute atomic E-state index is 12.0. The number of ether oxygens (including phenoxy) is 2. The van der Waals surface area contributed by atoms with E-state index in [9.17, 15) is 4.79 Å². The van der Waals surface area contributed by atoms with Crippen LogP contribution in [-0.2, 0) is 9.53 Å². The zero-order valence-corrected chi connectivity index (χ0v) is 13.1. The van der Waals surface area contributed by atoms with Crippen LogP contribution in [0.25, 0.3) is 0 Å².